The predicted octanol–water partition coefficient (Wildman–Crippen LogP) is -2.71. The molecule has 0 aliphatic rings. The van der Waals surface area contributed by atoms with Gasteiger partial charge in [0.25, 0.3) is 0 Å². The lowest BCUT2D eigenvalue weighted by molar-refractivity contribution is -0.143. The zero-order valence-corrected chi connectivity index (χ0v) is 16.1. The van der Waals surface area contributed by atoms with Gasteiger partial charge in [0.2, 0.25) is 17.7 Å². The number of carboxylic acids is 1. The van der Waals surface area contributed by atoms with Gasteiger partial charge < -0.3 is 37.0 Å². The Hall–Kier alpha value is -2.24. The number of rotatable bonds is 10. The number of nitrogens with one attached hydrogen (secondary N) is 3. The third-order valence-corrected chi connectivity index (χ3v) is 3.87. The number of aliphatic hydroxyl groups excluding tert-OH is 2. The van der Waals surface area contributed by atoms with Gasteiger partial charge in [-0.1, -0.05) is 13.8 Å². The van der Waals surface area contributed by atoms with Crippen molar-refractivity contribution < 1.29 is 34.5 Å². The van der Waals surface area contributed by atoms with E-state index < -0.39 is 60.1 Å². The maximum absolute atomic E-state index is 12.3. The maximum Gasteiger partial charge on any atom is 0.326 e. The van der Waals surface area contributed by atoms with E-state index in [0.717, 1.165) is 0 Å². The van der Waals surface area contributed by atoms with Crippen molar-refractivity contribution in [2.75, 3.05) is 0 Å². The van der Waals surface area contributed by atoms with E-state index in [-0.39, 0.29) is 5.92 Å². The highest BCUT2D eigenvalue weighted by Crippen LogP contribution is 2.03. The van der Waals surface area contributed by atoms with Crippen LogP contribution in [0.2, 0.25) is 0 Å². The molecule has 156 valence electrons. The lowest BCUT2D eigenvalue weighted by atomic mass is 10.0. The molecule has 11 nitrogen and oxygen atoms in total. The molecule has 0 aromatic heterocycles. The number of carbonyl (C=O) groups excluding carboxylic acids is 3. The van der Waals surface area contributed by atoms with Crippen LogP contribution in [0.1, 0.15) is 34.6 Å². The summed E-state index contributed by atoms with van der Waals surface area (Å²) in [6.45, 7) is 7.11. The van der Waals surface area contributed by atoms with E-state index in [2.05, 4.69) is 16.0 Å². The van der Waals surface area contributed by atoms with Crippen molar-refractivity contribution in [1.82, 2.24) is 16.0 Å². The van der Waals surface area contributed by atoms with Crippen LogP contribution in [-0.2, 0) is 19.2 Å². The molecule has 0 aliphatic heterocycles. The number of hydrogen-bond acceptors (Lipinski definition) is 7. The topological polar surface area (TPSA) is 191 Å². The van der Waals surface area contributed by atoms with Gasteiger partial charge in [-0.25, -0.2) is 4.79 Å². The smallest absolute Gasteiger partial charge is 0.326 e. The SMILES string of the molecule is CC(NC(=O)C(NC(=O)C(N)C(C)O)C(C)O)C(=O)NC(C(=O)O)C(C)C. The third kappa shape index (κ3) is 7.89. The van der Waals surface area contributed by atoms with Gasteiger partial charge in [0.1, 0.15) is 24.2 Å². The van der Waals surface area contributed by atoms with E-state index in [1.54, 1.807) is 13.8 Å². The molecule has 0 radical (unpaired) electrons. The second-order valence-electron chi connectivity index (χ2n) is 6.79. The molecule has 11 heteroatoms. The number of nitrogens with two attached hydrogens (primary N) is 1. The fourth-order valence-corrected chi connectivity index (χ4v) is 2.03. The Morgan fingerprint density at radius 3 is 1.59 bits per heavy atom. The molecule has 0 aliphatic carbocycles. The summed E-state index contributed by atoms with van der Waals surface area (Å²) in [6, 6.07) is -4.98. The van der Waals surface area contributed by atoms with Gasteiger partial charge in [0, 0.05) is 0 Å². The van der Waals surface area contributed by atoms with Crippen LogP contribution < -0.4 is 21.7 Å². The second-order valence-corrected chi connectivity index (χ2v) is 6.79. The Morgan fingerprint density at radius 2 is 1.22 bits per heavy atom. The number of carboxylic acid groups (broad SMARTS) is 1. The molecule has 0 bridgehead atoms. The van der Waals surface area contributed by atoms with Crippen LogP contribution in [0.5, 0.6) is 0 Å². The monoisotopic (exact) mass is 390 g/mol. The van der Waals surface area contributed by atoms with Gasteiger partial charge in [-0.3, -0.25) is 14.4 Å². The van der Waals surface area contributed by atoms with Crippen LogP contribution in [-0.4, -0.2) is 75.4 Å². The minimum atomic E-state index is -1.42. The highest BCUT2D eigenvalue weighted by atomic mass is 16.4. The Morgan fingerprint density at radius 1 is 0.741 bits per heavy atom. The van der Waals surface area contributed by atoms with E-state index >= 15 is 0 Å². The first kappa shape index (κ1) is 24.8. The summed E-state index contributed by atoms with van der Waals surface area (Å²) >= 11 is 0. The van der Waals surface area contributed by atoms with Crippen molar-refractivity contribution in [3.8, 4) is 0 Å². The zero-order valence-electron chi connectivity index (χ0n) is 16.1. The minimum Gasteiger partial charge on any atom is -0.480 e. The summed E-state index contributed by atoms with van der Waals surface area (Å²) in [6.07, 6.45) is -2.48. The first-order chi connectivity index (χ1) is 12.3. The van der Waals surface area contributed by atoms with Crippen molar-refractivity contribution in [3.63, 3.8) is 0 Å². The fraction of sp³-hybridized carbons (Fsp3) is 0.750. The molecule has 6 atom stereocenters. The maximum atomic E-state index is 12.3. The second kappa shape index (κ2) is 10.8. The highest BCUT2D eigenvalue weighted by molar-refractivity contribution is 5.94. The molecule has 8 N–H and O–H groups in total. The largest absolute Gasteiger partial charge is 0.480 e. The Bertz CT molecular complexity index is 551. The molecule has 0 heterocycles. The van der Waals surface area contributed by atoms with E-state index in [1.165, 1.54) is 20.8 Å². The van der Waals surface area contributed by atoms with Crippen LogP contribution in [0.3, 0.4) is 0 Å². The molecule has 6 unspecified atom stereocenters. The van der Waals surface area contributed by atoms with Crippen molar-refractivity contribution in [2.45, 2.75) is 71.0 Å². The lowest BCUT2D eigenvalue weighted by Crippen LogP contribution is -2.60. The summed E-state index contributed by atoms with van der Waals surface area (Å²) in [5.74, 6) is -4.04. The Balaban J connectivity index is 5.00. The van der Waals surface area contributed by atoms with Crippen LogP contribution in [0.4, 0.5) is 0 Å². The number of aliphatic hydroxyl groups is 2. The van der Waals surface area contributed by atoms with Gasteiger partial charge in [0.15, 0.2) is 0 Å². The van der Waals surface area contributed by atoms with Gasteiger partial charge in [-0.05, 0) is 26.7 Å². The quantitative estimate of drug-likeness (QED) is 0.209. The average Bonchev–Trinajstić information content (AvgIpc) is 2.54. The first-order valence-corrected chi connectivity index (χ1v) is 8.55. The summed E-state index contributed by atoms with van der Waals surface area (Å²) < 4.78 is 0. The van der Waals surface area contributed by atoms with E-state index in [0.29, 0.717) is 0 Å². The van der Waals surface area contributed by atoms with Crippen molar-refractivity contribution >= 4 is 23.7 Å². The van der Waals surface area contributed by atoms with Gasteiger partial charge in [-0.2, -0.15) is 0 Å². The van der Waals surface area contributed by atoms with Gasteiger partial charge in [-0.15, -0.1) is 0 Å². The molecule has 3 amide bonds. The fourth-order valence-electron chi connectivity index (χ4n) is 2.03. The average molecular weight is 390 g/mol. The third-order valence-electron chi connectivity index (χ3n) is 3.87. The van der Waals surface area contributed by atoms with Crippen LogP contribution in [0.25, 0.3) is 0 Å². The van der Waals surface area contributed by atoms with Gasteiger partial charge in [0.05, 0.1) is 12.2 Å². The highest BCUT2D eigenvalue weighted by Gasteiger charge is 2.32. The number of aliphatic carboxylic acids is 1. The van der Waals surface area contributed by atoms with E-state index in [4.69, 9.17) is 10.8 Å². The summed E-state index contributed by atoms with van der Waals surface area (Å²) in [4.78, 5) is 47.4. The number of carbonyl (C=O) groups is 4. The first-order valence-electron chi connectivity index (χ1n) is 8.55. The van der Waals surface area contributed by atoms with Crippen LogP contribution in [0.15, 0.2) is 0 Å². The van der Waals surface area contributed by atoms with Gasteiger partial charge >= 0.3 is 5.97 Å². The molecule has 0 fully saturated rings. The predicted molar refractivity (Wildman–Crippen MR) is 95.3 cm³/mol. The molecular formula is C16H30N4O7. The Kier molecular flexibility index (Phi) is 9.90. The molecule has 0 aromatic rings. The normalized spacial score (nSPS) is 17.8. The summed E-state index contributed by atoms with van der Waals surface area (Å²) in [5.41, 5.74) is 5.47. The van der Waals surface area contributed by atoms with Crippen molar-refractivity contribution in [2.24, 2.45) is 11.7 Å². The van der Waals surface area contributed by atoms with Crippen LogP contribution in [0, 0.1) is 5.92 Å². The standard InChI is InChI=1S/C16H30N4O7/c1-6(2)11(16(26)27)19-13(23)7(3)18-15(25)12(9(5)22)20-14(24)10(17)8(4)21/h6-12,21-22H,17H2,1-5H3,(H,18,25)(H,19,23)(H,20,24)(H,26,27). The lowest BCUT2D eigenvalue weighted by Gasteiger charge is -2.26. The Labute approximate surface area is 157 Å². The van der Waals surface area contributed by atoms with E-state index in [9.17, 15) is 29.4 Å². The molecular weight excluding hydrogens is 360 g/mol. The molecule has 0 spiro atoms. The minimum absolute atomic E-state index is 0.374. The number of hydrogen-bond donors (Lipinski definition) is 7. The van der Waals surface area contributed by atoms with Crippen molar-refractivity contribution in [3.05, 3.63) is 0 Å². The molecule has 0 saturated heterocycles. The molecule has 0 saturated carbocycles. The number of amides is 3. The van der Waals surface area contributed by atoms with E-state index in [1.807, 2.05) is 0 Å². The summed E-state index contributed by atoms with van der Waals surface area (Å²) in [5, 5.41) is 35.0. The van der Waals surface area contributed by atoms with Crippen molar-refractivity contribution in [1.29, 1.82) is 0 Å². The molecule has 0 aromatic carbocycles. The van der Waals surface area contributed by atoms with Crippen LogP contribution >= 0.6 is 0 Å². The molecule has 0 rings (SSSR count). The zero-order chi connectivity index (χ0) is 21.5. The summed E-state index contributed by atoms with van der Waals surface area (Å²) in [7, 11) is 0. The molecule has 27 heavy (non-hydrogen) atoms.